The lowest BCUT2D eigenvalue weighted by Gasteiger charge is -2.23. The molecule has 0 rings (SSSR count). The molecular weight excluding hydrogens is 277 g/mol. The number of rotatable bonds is 6. The minimum atomic E-state index is 0. The molecule has 78 valence electrons. The Morgan fingerprint density at radius 2 is 1.85 bits per heavy atom. The Bertz CT molecular complexity index is 146. The molecule has 0 aromatic rings. The summed E-state index contributed by atoms with van der Waals surface area (Å²) in [6.45, 7) is 3.13. The average Bonchev–Trinajstić information content (AvgIpc) is 1.94. The molecule has 3 nitrogen and oxygen atoms in total. The molecule has 0 spiro atoms. The SMILES string of the molecule is C[N+](C)(C)CCNCCCC#N.[I-]. The largest absolute Gasteiger partial charge is 1.00 e. The maximum Gasteiger partial charge on any atom is 0.0907 e. The maximum atomic E-state index is 8.27. The lowest BCUT2D eigenvalue weighted by atomic mass is 10.3. The molecular formula is C9H20IN3. The van der Waals surface area contributed by atoms with Gasteiger partial charge in [0.2, 0.25) is 0 Å². The zero-order valence-electron chi connectivity index (χ0n) is 8.81. The third-order valence-corrected chi connectivity index (χ3v) is 1.60. The number of unbranched alkanes of at least 4 members (excludes halogenated alkanes) is 1. The predicted octanol–water partition coefficient (Wildman–Crippen LogP) is -2.41. The first-order valence-electron chi connectivity index (χ1n) is 4.44. The van der Waals surface area contributed by atoms with E-state index in [2.05, 4.69) is 32.5 Å². The van der Waals surface area contributed by atoms with E-state index in [0.29, 0.717) is 6.42 Å². The minimum absolute atomic E-state index is 0. The first-order chi connectivity index (χ1) is 5.56. The highest BCUT2D eigenvalue weighted by atomic mass is 127. The van der Waals surface area contributed by atoms with Crippen LogP contribution in [0.2, 0.25) is 0 Å². The van der Waals surface area contributed by atoms with E-state index in [-0.39, 0.29) is 24.0 Å². The summed E-state index contributed by atoms with van der Waals surface area (Å²) >= 11 is 0. The van der Waals surface area contributed by atoms with Crippen molar-refractivity contribution in [2.75, 3.05) is 40.8 Å². The van der Waals surface area contributed by atoms with Crippen molar-refractivity contribution in [1.82, 2.24) is 5.32 Å². The van der Waals surface area contributed by atoms with Crippen LogP contribution >= 0.6 is 0 Å². The number of hydrogen-bond acceptors (Lipinski definition) is 2. The summed E-state index contributed by atoms with van der Waals surface area (Å²) in [5.41, 5.74) is 0. The highest BCUT2D eigenvalue weighted by Crippen LogP contribution is 1.87. The number of quaternary nitrogens is 1. The highest BCUT2D eigenvalue weighted by Gasteiger charge is 2.04. The first-order valence-corrected chi connectivity index (χ1v) is 4.44. The van der Waals surface area contributed by atoms with Gasteiger partial charge in [-0.15, -0.1) is 0 Å². The van der Waals surface area contributed by atoms with Gasteiger partial charge in [-0.3, -0.25) is 0 Å². The molecule has 13 heavy (non-hydrogen) atoms. The molecule has 0 aromatic heterocycles. The van der Waals surface area contributed by atoms with Gasteiger partial charge in [0, 0.05) is 13.0 Å². The Balaban J connectivity index is 0. The van der Waals surface area contributed by atoms with Crippen LogP contribution in [-0.4, -0.2) is 45.3 Å². The van der Waals surface area contributed by atoms with Gasteiger partial charge in [0.25, 0.3) is 0 Å². The molecule has 0 aromatic carbocycles. The van der Waals surface area contributed by atoms with Crippen LogP contribution in [-0.2, 0) is 0 Å². The average molecular weight is 297 g/mol. The molecule has 4 heteroatoms. The summed E-state index contributed by atoms with van der Waals surface area (Å²) in [5.74, 6) is 0. The number of nitrogens with one attached hydrogen (secondary N) is 1. The normalized spacial score (nSPS) is 10.3. The molecule has 0 aliphatic heterocycles. The van der Waals surface area contributed by atoms with Crippen LogP contribution in [0.5, 0.6) is 0 Å². The Morgan fingerprint density at radius 1 is 1.23 bits per heavy atom. The van der Waals surface area contributed by atoms with Crippen LogP contribution in [0.1, 0.15) is 12.8 Å². The van der Waals surface area contributed by atoms with Gasteiger partial charge in [0.1, 0.15) is 0 Å². The molecule has 0 fully saturated rings. The molecule has 0 unspecified atom stereocenters. The van der Waals surface area contributed by atoms with Gasteiger partial charge in [0.15, 0.2) is 0 Å². The monoisotopic (exact) mass is 297 g/mol. The Hall–Kier alpha value is 0.140. The molecule has 0 atom stereocenters. The van der Waals surface area contributed by atoms with Crippen molar-refractivity contribution in [2.45, 2.75) is 12.8 Å². The van der Waals surface area contributed by atoms with E-state index in [1.807, 2.05) is 0 Å². The second-order valence-corrected chi connectivity index (χ2v) is 4.03. The summed E-state index contributed by atoms with van der Waals surface area (Å²) in [4.78, 5) is 0. The van der Waals surface area contributed by atoms with Gasteiger partial charge in [0.05, 0.1) is 33.8 Å². The fourth-order valence-electron chi connectivity index (χ4n) is 0.832. The zero-order valence-corrected chi connectivity index (χ0v) is 11.0. The smallest absolute Gasteiger partial charge is 0.0907 e. The summed E-state index contributed by atoms with van der Waals surface area (Å²) in [7, 11) is 6.53. The van der Waals surface area contributed by atoms with Gasteiger partial charge in [-0.25, -0.2) is 0 Å². The van der Waals surface area contributed by atoms with E-state index < -0.39 is 0 Å². The van der Waals surface area contributed by atoms with Crippen molar-refractivity contribution in [3.05, 3.63) is 0 Å². The molecule has 0 heterocycles. The van der Waals surface area contributed by atoms with Gasteiger partial charge in [-0.2, -0.15) is 5.26 Å². The number of likely N-dealkylation sites (N-methyl/N-ethyl adjacent to an activating group) is 1. The maximum absolute atomic E-state index is 8.27. The summed E-state index contributed by atoms with van der Waals surface area (Å²) in [6, 6.07) is 2.13. The first kappa shape index (κ1) is 15.6. The molecule has 0 saturated heterocycles. The fraction of sp³-hybridized carbons (Fsp3) is 0.889. The summed E-state index contributed by atoms with van der Waals surface area (Å²) < 4.78 is 0.991. The molecule has 0 saturated carbocycles. The third-order valence-electron chi connectivity index (χ3n) is 1.60. The van der Waals surface area contributed by atoms with Gasteiger partial charge < -0.3 is 33.8 Å². The number of nitrogens with zero attached hydrogens (tertiary/aromatic N) is 2. The van der Waals surface area contributed by atoms with Crippen LogP contribution in [0, 0.1) is 11.3 Å². The molecule has 0 aliphatic rings. The van der Waals surface area contributed by atoms with Gasteiger partial charge >= 0.3 is 0 Å². The number of nitriles is 1. The van der Waals surface area contributed by atoms with Crippen molar-refractivity contribution in [3.63, 3.8) is 0 Å². The van der Waals surface area contributed by atoms with E-state index in [1.165, 1.54) is 0 Å². The van der Waals surface area contributed by atoms with E-state index in [9.17, 15) is 0 Å². The number of halogens is 1. The molecule has 0 aliphatic carbocycles. The topological polar surface area (TPSA) is 35.8 Å². The van der Waals surface area contributed by atoms with Crippen LogP contribution in [0.25, 0.3) is 0 Å². The second-order valence-electron chi connectivity index (χ2n) is 4.03. The standard InChI is InChI=1S/C9H20N3.HI/c1-12(2,3)9-8-11-7-5-4-6-10;/h11H,4-5,7-9H2,1-3H3;1H/q+1;/p-1. The van der Waals surface area contributed by atoms with Crippen LogP contribution in [0.3, 0.4) is 0 Å². The highest BCUT2D eigenvalue weighted by molar-refractivity contribution is 4.68. The molecule has 0 bridgehead atoms. The fourth-order valence-corrected chi connectivity index (χ4v) is 0.832. The third kappa shape index (κ3) is 14.9. The van der Waals surface area contributed by atoms with Crippen molar-refractivity contribution in [3.8, 4) is 6.07 Å². The van der Waals surface area contributed by atoms with E-state index in [0.717, 1.165) is 30.5 Å². The minimum Gasteiger partial charge on any atom is -1.00 e. The van der Waals surface area contributed by atoms with Crippen molar-refractivity contribution in [1.29, 1.82) is 5.26 Å². The van der Waals surface area contributed by atoms with Crippen LogP contribution in [0.4, 0.5) is 0 Å². The number of hydrogen-bond donors (Lipinski definition) is 1. The molecule has 1 N–H and O–H groups in total. The lowest BCUT2D eigenvalue weighted by Crippen LogP contribution is -3.00. The van der Waals surface area contributed by atoms with E-state index >= 15 is 0 Å². The van der Waals surface area contributed by atoms with Crippen LogP contribution < -0.4 is 29.3 Å². The molecule has 0 amide bonds. The van der Waals surface area contributed by atoms with Crippen molar-refractivity contribution < 1.29 is 28.5 Å². The van der Waals surface area contributed by atoms with Crippen molar-refractivity contribution in [2.24, 2.45) is 0 Å². The van der Waals surface area contributed by atoms with Gasteiger partial charge in [-0.05, 0) is 13.0 Å². The van der Waals surface area contributed by atoms with Gasteiger partial charge in [-0.1, -0.05) is 0 Å². The summed E-state index contributed by atoms with van der Waals surface area (Å²) in [5, 5.41) is 11.6. The van der Waals surface area contributed by atoms with E-state index in [4.69, 9.17) is 5.26 Å². The zero-order chi connectivity index (χ0) is 9.45. The Labute approximate surface area is 98.7 Å². The Kier molecular flexibility index (Phi) is 10.5. The predicted molar refractivity (Wildman–Crippen MR) is 50.6 cm³/mol. The molecule has 0 radical (unpaired) electrons. The van der Waals surface area contributed by atoms with E-state index in [1.54, 1.807) is 0 Å². The lowest BCUT2D eigenvalue weighted by molar-refractivity contribution is -0.869. The quantitative estimate of drug-likeness (QED) is 0.337. The Morgan fingerprint density at radius 3 is 2.31 bits per heavy atom. The van der Waals surface area contributed by atoms with Crippen molar-refractivity contribution >= 4 is 0 Å². The summed E-state index contributed by atoms with van der Waals surface area (Å²) in [6.07, 6.45) is 1.63. The van der Waals surface area contributed by atoms with Crippen LogP contribution in [0.15, 0.2) is 0 Å². The second kappa shape index (κ2) is 8.73.